The zero-order chi connectivity index (χ0) is 13.4. The van der Waals surface area contributed by atoms with E-state index < -0.39 is 28.1 Å². The van der Waals surface area contributed by atoms with Crippen LogP contribution in [0, 0.1) is 0 Å². The molecule has 0 rings (SSSR count). The summed E-state index contributed by atoms with van der Waals surface area (Å²) in [6, 6.07) is 0. The lowest BCUT2D eigenvalue weighted by Gasteiger charge is -2.25. The quantitative estimate of drug-likeness (QED) is 0.405. The van der Waals surface area contributed by atoms with Crippen LogP contribution in [0.5, 0.6) is 0 Å². The van der Waals surface area contributed by atoms with E-state index in [9.17, 15) is 39.5 Å². The Bertz CT molecular complexity index is 289. The van der Waals surface area contributed by atoms with E-state index in [1.165, 1.54) is 0 Å². The Kier molecular flexibility index (Phi) is 4.53. The van der Waals surface area contributed by atoms with Gasteiger partial charge in [0, 0.05) is 22.6 Å². The molecule has 0 radical (unpaired) electrons. The molecule has 0 aliphatic rings. The Morgan fingerprint density at radius 2 is 1.25 bits per heavy atom. The van der Waals surface area contributed by atoms with Gasteiger partial charge in [0.2, 0.25) is 0 Å². The summed E-state index contributed by atoms with van der Waals surface area (Å²) >= 11 is -0.268. The van der Waals surface area contributed by atoms with Crippen LogP contribution in [-0.2, 0) is 4.74 Å². The summed E-state index contributed by atoms with van der Waals surface area (Å²) in [5, 5.41) is 0. The number of ether oxygens (including phenoxy) is 1. The summed E-state index contributed by atoms with van der Waals surface area (Å²) in [6.45, 7) is 0. The molecule has 0 atom stereocenters. The highest BCUT2D eigenvalue weighted by molar-refractivity contribution is 14.1. The van der Waals surface area contributed by atoms with Crippen LogP contribution in [0.15, 0.2) is 11.9 Å². The number of alkyl halides is 7. The van der Waals surface area contributed by atoms with Crippen LogP contribution in [-0.4, -0.2) is 16.1 Å². The molecule has 16 heavy (non-hydrogen) atoms. The van der Waals surface area contributed by atoms with E-state index in [1.807, 2.05) is 0 Å². The molecule has 0 aliphatic carbocycles. The van der Waals surface area contributed by atoms with Crippen LogP contribution in [0.3, 0.4) is 0 Å². The highest BCUT2D eigenvalue weighted by Gasteiger charge is 2.62. The zero-order valence-corrected chi connectivity index (χ0v) is 8.85. The maximum atomic E-state index is 12.2. The lowest BCUT2D eigenvalue weighted by Crippen LogP contribution is -2.43. The van der Waals surface area contributed by atoms with Crippen molar-refractivity contribution in [2.75, 3.05) is 0 Å². The average Bonchev–Trinajstić information content (AvgIpc) is 1.98. The fourth-order valence-corrected chi connectivity index (χ4v) is 0.484. The highest BCUT2D eigenvalue weighted by Crippen LogP contribution is 2.45. The molecule has 0 unspecified atom stereocenters. The van der Waals surface area contributed by atoms with Crippen molar-refractivity contribution in [2.45, 2.75) is 16.1 Å². The van der Waals surface area contributed by atoms with Crippen molar-refractivity contribution in [3.05, 3.63) is 11.9 Å². The summed E-state index contributed by atoms with van der Waals surface area (Å²) < 4.78 is 104. The normalized spacial score (nSPS) is 13.9. The molecule has 0 heterocycles. The fourth-order valence-electron chi connectivity index (χ4n) is 0.374. The van der Waals surface area contributed by atoms with E-state index in [4.69, 9.17) is 0 Å². The molecule has 0 fully saturated rings. The molecule has 0 bridgehead atoms. The molecular formula is C5F9IO. The maximum absolute atomic E-state index is 12.2. The minimum atomic E-state index is -5.85. The number of hydrogen-bond acceptors (Lipinski definition) is 1. The molecule has 96 valence electrons. The monoisotopic (exact) mass is 374 g/mol. The van der Waals surface area contributed by atoms with Gasteiger partial charge in [0.25, 0.3) is 5.83 Å². The van der Waals surface area contributed by atoms with Crippen molar-refractivity contribution < 1.29 is 44.3 Å². The van der Waals surface area contributed by atoms with Gasteiger partial charge in [0.1, 0.15) is 0 Å². The average molecular weight is 374 g/mol. The number of halogens is 10. The summed E-state index contributed by atoms with van der Waals surface area (Å²) in [5.41, 5.74) is 0. The first-order valence-electron chi connectivity index (χ1n) is 3.05. The van der Waals surface area contributed by atoms with Crippen LogP contribution in [0.25, 0.3) is 0 Å². The van der Waals surface area contributed by atoms with E-state index in [0.717, 1.165) is 0 Å². The van der Waals surface area contributed by atoms with Crippen LogP contribution >= 0.6 is 22.6 Å². The minimum Gasteiger partial charge on any atom is -0.244 e. The van der Waals surface area contributed by atoms with E-state index in [-0.39, 0.29) is 22.6 Å². The lowest BCUT2D eigenvalue weighted by atomic mass is 10.5. The molecule has 0 aromatic rings. The smallest absolute Gasteiger partial charge is 0.244 e. The van der Waals surface area contributed by atoms with E-state index in [2.05, 4.69) is 4.74 Å². The fraction of sp³-hybridized carbons (Fsp3) is 0.600. The molecule has 11 heteroatoms. The number of hydrogen-bond donors (Lipinski definition) is 0. The van der Waals surface area contributed by atoms with Crippen molar-refractivity contribution in [1.82, 2.24) is 0 Å². The predicted octanol–water partition coefficient (Wildman–Crippen LogP) is 4.29. The molecular weight excluding hydrogens is 374 g/mol. The Morgan fingerprint density at radius 1 is 0.875 bits per heavy atom. The molecule has 0 aliphatic heterocycles. The van der Waals surface area contributed by atoms with E-state index in [1.54, 1.807) is 0 Å². The SMILES string of the molecule is FC(F)=C(F)C(F)(F)OC(F)(F)C(F)(F)I. The second kappa shape index (κ2) is 4.58. The molecule has 0 aromatic carbocycles. The zero-order valence-electron chi connectivity index (χ0n) is 6.69. The van der Waals surface area contributed by atoms with Crippen molar-refractivity contribution >= 4 is 22.6 Å². The first kappa shape index (κ1) is 15.8. The van der Waals surface area contributed by atoms with Gasteiger partial charge in [-0.1, -0.05) is 0 Å². The third kappa shape index (κ3) is 3.68. The van der Waals surface area contributed by atoms with E-state index >= 15 is 0 Å². The van der Waals surface area contributed by atoms with Crippen molar-refractivity contribution in [3.8, 4) is 0 Å². The van der Waals surface area contributed by atoms with Gasteiger partial charge >= 0.3 is 22.2 Å². The third-order valence-electron chi connectivity index (χ3n) is 1.01. The van der Waals surface area contributed by atoms with Crippen LogP contribution in [0.4, 0.5) is 39.5 Å². The third-order valence-corrected chi connectivity index (χ3v) is 1.64. The van der Waals surface area contributed by atoms with Crippen molar-refractivity contribution in [1.29, 1.82) is 0 Å². The van der Waals surface area contributed by atoms with Gasteiger partial charge in [-0.25, -0.2) is 4.74 Å². The number of rotatable bonds is 4. The Morgan fingerprint density at radius 3 is 1.50 bits per heavy atom. The summed E-state index contributed by atoms with van der Waals surface area (Å²) in [5.74, 6) is -3.66. The molecule has 1 nitrogen and oxygen atoms in total. The van der Waals surface area contributed by atoms with Gasteiger partial charge in [-0.15, -0.1) is 0 Å². The van der Waals surface area contributed by atoms with Gasteiger partial charge in [0.05, 0.1) is 0 Å². The first-order chi connectivity index (χ1) is 6.81. The van der Waals surface area contributed by atoms with Crippen molar-refractivity contribution in [3.63, 3.8) is 0 Å². The molecule has 0 amide bonds. The summed E-state index contributed by atoms with van der Waals surface area (Å²) in [7, 11) is 0. The second-order valence-corrected chi connectivity index (χ2v) is 3.56. The summed E-state index contributed by atoms with van der Waals surface area (Å²) in [6.07, 6.45) is -15.3. The van der Waals surface area contributed by atoms with Crippen LogP contribution in [0.1, 0.15) is 0 Å². The standard InChI is InChI=1S/C5F9IO/c6-1(2(7)8)3(9,10)16-5(13,14)4(11,12)15. The van der Waals surface area contributed by atoms with Crippen LogP contribution < -0.4 is 0 Å². The molecule has 0 spiro atoms. The highest BCUT2D eigenvalue weighted by atomic mass is 127. The molecule has 0 N–H and O–H groups in total. The Balaban J connectivity index is 5.07. The molecule has 0 aromatic heterocycles. The van der Waals surface area contributed by atoms with Crippen molar-refractivity contribution in [2.24, 2.45) is 0 Å². The predicted molar refractivity (Wildman–Crippen MR) is 40.3 cm³/mol. The minimum absolute atomic E-state index is 0.268. The molecule has 0 saturated carbocycles. The van der Waals surface area contributed by atoms with Gasteiger partial charge < -0.3 is 0 Å². The Hall–Kier alpha value is -0.200. The Labute approximate surface area is 95.4 Å². The van der Waals surface area contributed by atoms with Crippen LogP contribution in [0.2, 0.25) is 0 Å². The van der Waals surface area contributed by atoms with Gasteiger partial charge in [-0.3, -0.25) is 0 Å². The van der Waals surface area contributed by atoms with Gasteiger partial charge in [0.15, 0.2) is 0 Å². The largest absolute Gasteiger partial charge is 0.433 e. The molecule has 0 saturated heterocycles. The van der Waals surface area contributed by atoms with Gasteiger partial charge in [-0.2, -0.15) is 39.5 Å². The topological polar surface area (TPSA) is 9.23 Å². The van der Waals surface area contributed by atoms with Gasteiger partial charge in [-0.05, 0) is 0 Å². The summed E-state index contributed by atoms with van der Waals surface area (Å²) in [4.78, 5) is 0. The van der Waals surface area contributed by atoms with E-state index in [0.29, 0.717) is 0 Å². The maximum Gasteiger partial charge on any atom is 0.433 e. The first-order valence-corrected chi connectivity index (χ1v) is 4.13. The lowest BCUT2D eigenvalue weighted by molar-refractivity contribution is -0.400. The second-order valence-electron chi connectivity index (χ2n) is 2.21.